The molecule has 0 saturated carbocycles. The Morgan fingerprint density at radius 1 is 1.20 bits per heavy atom. The van der Waals surface area contributed by atoms with E-state index in [1.807, 2.05) is 48.5 Å². The predicted molar refractivity (Wildman–Crippen MR) is 89.0 cm³/mol. The van der Waals surface area contributed by atoms with Crippen LogP contribution in [0.15, 0.2) is 53.5 Å². The predicted octanol–water partition coefficient (Wildman–Crippen LogP) is 3.64. The monoisotopic (exact) mass is 399 g/mol. The molecule has 3 rings (SSSR count). The molecule has 0 spiro atoms. The second kappa shape index (κ2) is 5.23. The average molecular weight is 400 g/mol. The van der Waals surface area contributed by atoms with Gasteiger partial charge < -0.3 is 10.4 Å². The van der Waals surface area contributed by atoms with Gasteiger partial charge in [0.15, 0.2) is 0 Å². The van der Waals surface area contributed by atoms with Gasteiger partial charge in [-0.05, 0) is 52.9 Å². The molecule has 102 valence electrons. The van der Waals surface area contributed by atoms with Crippen LogP contribution in [0.4, 0.5) is 11.4 Å². The summed E-state index contributed by atoms with van der Waals surface area (Å²) in [5, 5.41) is 14.0. The normalized spacial score (nSPS) is 20.6. The minimum atomic E-state index is -1.54. The number of nitrogens with one attached hydrogen (secondary N) is 1. The zero-order chi connectivity index (χ0) is 14.2. The fourth-order valence-corrected chi connectivity index (χ4v) is 2.72. The van der Waals surface area contributed by atoms with Crippen LogP contribution in [0.2, 0.25) is 0 Å². The standard InChI is InChI=1S/C14H11ClIN3O/c15-19-9-17-13-7-6-10(16)8-12(13)14(19,20)18-11-4-2-1-3-5-11/h1-9,18,20H. The number of halogens is 2. The SMILES string of the molecule is OC1(Nc2ccccc2)c2cc(I)ccc2N=CN1Cl. The first-order chi connectivity index (χ1) is 9.59. The molecule has 0 bridgehead atoms. The van der Waals surface area contributed by atoms with E-state index in [-0.39, 0.29) is 0 Å². The van der Waals surface area contributed by atoms with Gasteiger partial charge in [0, 0.05) is 21.0 Å². The quantitative estimate of drug-likeness (QED) is 0.460. The number of aliphatic hydroxyl groups is 1. The number of rotatable bonds is 2. The lowest BCUT2D eigenvalue weighted by molar-refractivity contribution is -0.00479. The lowest BCUT2D eigenvalue weighted by Gasteiger charge is -2.38. The van der Waals surface area contributed by atoms with Crippen molar-refractivity contribution in [2.75, 3.05) is 5.32 Å². The van der Waals surface area contributed by atoms with Gasteiger partial charge in [-0.15, -0.1) is 0 Å². The van der Waals surface area contributed by atoms with E-state index in [1.54, 1.807) is 0 Å². The number of fused-ring (bicyclic) bond motifs is 1. The van der Waals surface area contributed by atoms with Crippen molar-refractivity contribution in [3.8, 4) is 0 Å². The Morgan fingerprint density at radius 2 is 1.95 bits per heavy atom. The third-order valence-corrected chi connectivity index (χ3v) is 4.04. The second-order valence-corrected chi connectivity index (χ2v) is 5.99. The van der Waals surface area contributed by atoms with E-state index in [0.29, 0.717) is 11.3 Å². The Bertz CT molecular complexity index is 665. The summed E-state index contributed by atoms with van der Waals surface area (Å²) in [6.07, 6.45) is 1.40. The minimum Gasteiger partial charge on any atom is -0.349 e. The highest BCUT2D eigenvalue weighted by atomic mass is 127. The highest BCUT2D eigenvalue weighted by Gasteiger charge is 2.39. The molecule has 2 aromatic rings. The Morgan fingerprint density at radius 3 is 2.70 bits per heavy atom. The molecule has 0 radical (unpaired) electrons. The summed E-state index contributed by atoms with van der Waals surface area (Å²) in [6.45, 7) is 0. The summed E-state index contributed by atoms with van der Waals surface area (Å²) < 4.78 is 2.13. The van der Waals surface area contributed by atoms with Crippen LogP contribution >= 0.6 is 34.4 Å². The van der Waals surface area contributed by atoms with E-state index in [4.69, 9.17) is 11.8 Å². The molecule has 1 aliphatic heterocycles. The fraction of sp³-hybridized carbons (Fsp3) is 0.0714. The van der Waals surface area contributed by atoms with Gasteiger partial charge in [0.1, 0.15) is 6.34 Å². The van der Waals surface area contributed by atoms with Gasteiger partial charge in [0.05, 0.1) is 11.3 Å². The van der Waals surface area contributed by atoms with Crippen LogP contribution in [0.1, 0.15) is 5.56 Å². The number of aliphatic imine (C=N–C) groups is 1. The van der Waals surface area contributed by atoms with Gasteiger partial charge in [-0.25, -0.2) is 9.41 Å². The van der Waals surface area contributed by atoms with Crippen molar-refractivity contribution >= 4 is 52.1 Å². The Kier molecular flexibility index (Phi) is 3.57. The summed E-state index contributed by atoms with van der Waals surface area (Å²) in [6, 6.07) is 15.1. The second-order valence-electron chi connectivity index (χ2n) is 4.38. The number of para-hydroxylation sites is 1. The van der Waals surface area contributed by atoms with Crippen molar-refractivity contribution in [1.29, 1.82) is 0 Å². The van der Waals surface area contributed by atoms with E-state index in [2.05, 4.69) is 32.9 Å². The molecule has 2 aromatic carbocycles. The maximum Gasteiger partial charge on any atom is 0.261 e. The maximum atomic E-state index is 11.0. The third-order valence-electron chi connectivity index (χ3n) is 3.03. The fourth-order valence-electron chi connectivity index (χ4n) is 2.06. The topological polar surface area (TPSA) is 47.9 Å². The maximum absolute atomic E-state index is 11.0. The van der Waals surface area contributed by atoms with E-state index in [0.717, 1.165) is 13.7 Å². The first-order valence-corrected chi connectivity index (χ1v) is 7.36. The van der Waals surface area contributed by atoms with Crippen molar-refractivity contribution in [3.63, 3.8) is 0 Å². The van der Waals surface area contributed by atoms with Crippen LogP contribution in [0.5, 0.6) is 0 Å². The van der Waals surface area contributed by atoms with E-state index < -0.39 is 5.85 Å². The van der Waals surface area contributed by atoms with Crippen molar-refractivity contribution < 1.29 is 5.11 Å². The van der Waals surface area contributed by atoms with E-state index in [1.165, 1.54) is 6.34 Å². The third kappa shape index (κ3) is 2.36. The van der Waals surface area contributed by atoms with Gasteiger partial charge in [-0.3, -0.25) is 0 Å². The Balaban J connectivity index is 2.07. The molecule has 0 aliphatic carbocycles. The molecule has 20 heavy (non-hydrogen) atoms. The van der Waals surface area contributed by atoms with Gasteiger partial charge in [-0.2, -0.15) is 0 Å². The lowest BCUT2D eigenvalue weighted by atomic mass is 10.1. The van der Waals surface area contributed by atoms with Gasteiger partial charge >= 0.3 is 0 Å². The number of hydrogen-bond donors (Lipinski definition) is 2. The van der Waals surface area contributed by atoms with Gasteiger partial charge in [0.2, 0.25) is 0 Å². The summed E-state index contributed by atoms with van der Waals surface area (Å²) in [4.78, 5) is 4.22. The first-order valence-electron chi connectivity index (χ1n) is 5.94. The van der Waals surface area contributed by atoms with Crippen LogP contribution in [0.25, 0.3) is 0 Å². The molecule has 1 aliphatic rings. The number of benzene rings is 2. The average Bonchev–Trinajstić information content (AvgIpc) is 2.45. The number of hydrogen-bond acceptors (Lipinski definition) is 4. The summed E-state index contributed by atoms with van der Waals surface area (Å²) in [7, 11) is 0. The minimum absolute atomic E-state index is 0.616. The van der Waals surface area contributed by atoms with E-state index >= 15 is 0 Å². The molecule has 1 unspecified atom stereocenters. The Labute approximate surface area is 135 Å². The lowest BCUT2D eigenvalue weighted by Crippen LogP contribution is -2.48. The molecular formula is C14H11ClIN3O. The molecule has 1 atom stereocenters. The Hall–Kier alpha value is -1.31. The van der Waals surface area contributed by atoms with Gasteiger partial charge in [-0.1, -0.05) is 18.2 Å². The molecule has 0 amide bonds. The molecule has 4 nitrogen and oxygen atoms in total. The smallest absolute Gasteiger partial charge is 0.261 e. The number of anilines is 1. The van der Waals surface area contributed by atoms with Crippen LogP contribution < -0.4 is 5.32 Å². The molecule has 0 fully saturated rings. The zero-order valence-electron chi connectivity index (χ0n) is 10.3. The van der Waals surface area contributed by atoms with Crippen molar-refractivity contribution in [2.24, 2.45) is 4.99 Å². The highest BCUT2D eigenvalue weighted by molar-refractivity contribution is 14.1. The molecular weight excluding hydrogens is 389 g/mol. The summed E-state index contributed by atoms with van der Waals surface area (Å²) >= 11 is 8.31. The summed E-state index contributed by atoms with van der Waals surface area (Å²) in [5.74, 6) is -1.54. The largest absolute Gasteiger partial charge is 0.349 e. The van der Waals surface area contributed by atoms with Crippen LogP contribution in [-0.2, 0) is 5.85 Å². The van der Waals surface area contributed by atoms with Crippen molar-refractivity contribution in [2.45, 2.75) is 5.85 Å². The zero-order valence-corrected chi connectivity index (χ0v) is 13.2. The van der Waals surface area contributed by atoms with Crippen LogP contribution in [0, 0.1) is 3.57 Å². The highest BCUT2D eigenvalue weighted by Crippen LogP contribution is 2.38. The van der Waals surface area contributed by atoms with Gasteiger partial charge in [0.25, 0.3) is 5.85 Å². The molecule has 1 heterocycles. The van der Waals surface area contributed by atoms with Crippen molar-refractivity contribution in [1.82, 2.24) is 4.42 Å². The molecule has 0 saturated heterocycles. The molecule has 2 N–H and O–H groups in total. The van der Waals surface area contributed by atoms with Crippen molar-refractivity contribution in [3.05, 3.63) is 57.7 Å². The molecule has 0 aromatic heterocycles. The van der Waals surface area contributed by atoms with E-state index in [9.17, 15) is 5.11 Å². The first kappa shape index (κ1) is 13.7. The summed E-state index contributed by atoms with van der Waals surface area (Å²) in [5.41, 5.74) is 2.07. The molecule has 6 heteroatoms. The van der Waals surface area contributed by atoms with Crippen LogP contribution in [-0.4, -0.2) is 15.9 Å². The number of nitrogens with zero attached hydrogens (tertiary/aromatic N) is 2. The van der Waals surface area contributed by atoms with Crippen LogP contribution in [0.3, 0.4) is 0 Å².